The highest BCUT2D eigenvalue weighted by Crippen LogP contribution is 2.76. The van der Waals surface area contributed by atoms with Crippen molar-refractivity contribution in [1.29, 1.82) is 0 Å². The molecule has 7 aliphatic rings. The predicted molar refractivity (Wildman–Crippen MR) is 140 cm³/mol. The fraction of sp³-hybridized carbons (Fsp3) is 0.742. The van der Waals surface area contributed by atoms with E-state index in [2.05, 4.69) is 56.9 Å². The number of aliphatic hydroxyl groups is 1. The molecule has 0 amide bonds. The van der Waals surface area contributed by atoms with Crippen molar-refractivity contribution in [1.82, 2.24) is 4.90 Å². The molecule has 0 aromatic heterocycles. The van der Waals surface area contributed by atoms with E-state index in [0.29, 0.717) is 12.5 Å². The highest BCUT2D eigenvalue weighted by Gasteiger charge is 2.81. The second-order valence-corrected chi connectivity index (χ2v) is 13.7. The Morgan fingerprint density at radius 2 is 1.94 bits per heavy atom. The fourth-order valence-electron chi connectivity index (χ4n) is 9.77. The molecule has 4 bridgehead atoms. The zero-order chi connectivity index (χ0) is 25.3. The van der Waals surface area contributed by atoms with Gasteiger partial charge in [-0.15, -0.1) is 0 Å². The normalized spacial score (nSPS) is 41.6. The van der Waals surface area contributed by atoms with Gasteiger partial charge in [-0.2, -0.15) is 0 Å². The molecular weight excluding hydrogens is 450 g/mol. The van der Waals surface area contributed by atoms with Crippen LogP contribution in [0.1, 0.15) is 70.9 Å². The molecule has 8 rings (SSSR count). The number of ether oxygens (including phenoxy) is 3. The van der Waals surface area contributed by atoms with Gasteiger partial charge in [0.1, 0.15) is 11.7 Å². The van der Waals surface area contributed by atoms with E-state index in [9.17, 15) is 5.11 Å². The monoisotopic (exact) mass is 493 g/mol. The lowest BCUT2D eigenvalue weighted by Gasteiger charge is -2.73. The summed E-state index contributed by atoms with van der Waals surface area (Å²) in [4.78, 5) is 2.82. The van der Waals surface area contributed by atoms with Crippen molar-refractivity contribution in [3.8, 4) is 11.5 Å². The smallest absolute Gasteiger partial charge is 0.166 e. The summed E-state index contributed by atoms with van der Waals surface area (Å²) in [6.45, 7) is 11.0. The summed E-state index contributed by atoms with van der Waals surface area (Å²) < 4.78 is 19.6. The lowest BCUT2D eigenvalue weighted by atomic mass is 9.35. The Bertz CT molecular complexity index is 1140. The molecule has 0 radical (unpaired) electrons. The number of methoxy groups -OCH3 is 2. The molecule has 3 fully saturated rings. The number of piperidine rings is 1. The van der Waals surface area contributed by atoms with Crippen molar-refractivity contribution in [3.05, 3.63) is 35.4 Å². The summed E-state index contributed by atoms with van der Waals surface area (Å²) in [5.74, 6) is 2.55. The summed E-state index contributed by atoms with van der Waals surface area (Å²) in [6.07, 6.45) is 11.2. The zero-order valence-electron chi connectivity index (χ0n) is 22.9. The highest BCUT2D eigenvalue weighted by molar-refractivity contribution is 5.65. The number of fused-ring (bicyclic) bond motifs is 1. The van der Waals surface area contributed by atoms with Crippen LogP contribution in [0.4, 0.5) is 0 Å². The van der Waals surface area contributed by atoms with E-state index in [-0.39, 0.29) is 28.3 Å². The van der Waals surface area contributed by atoms with E-state index in [1.807, 2.05) is 7.11 Å². The number of hydrogen-bond acceptors (Lipinski definition) is 5. The molecule has 1 saturated heterocycles. The van der Waals surface area contributed by atoms with E-state index in [1.54, 1.807) is 7.11 Å². The SMILES string of the molecule is CC[C@](O)([C@H]1C[C@@]23C=C[C@]1(OC)[C@@H]1Oc4c(OC)ccc5c4[C@@]12CCN(CC1CC1)[C@@H]3C5)C(C)(C)C. The van der Waals surface area contributed by atoms with E-state index < -0.39 is 11.2 Å². The summed E-state index contributed by atoms with van der Waals surface area (Å²) in [7, 11) is 3.58. The molecule has 1 aromatic carbocycles. The van der Waals surface area contributed by atoms with Crippen LogP contribution in [-0.4, -0.2) is 60.7 Å². The Balaban J connectivity index is 1.49. The zero-order valence-corrected chi connectivity index (χ0v) is 22.9. The van der Waals surface area contributed by atoms with Crippen LogP contribution in [0.15, 0.2) is 24.3 Å². The molecule has 2 aliphatic heterocycles. The number of nitrogens with zero attached hydrogens (tertiary/aromatic N) is 1. The van der Waals surface area contributed by atoms with E-state index in [0.717, 1.165) is 43.2 Å². The molecule has 36 heavy (non-hydrogen) atoms. The van der Waals surface area contributed by atoms with E-state index in [4.69, 9.17) is 14.2 Å². The molecule has 5 heteroatoms. The lowest BCUT2D eigenvalue weighted by molar-refractivity contribution is -0.267. The van der Waals surface area contributed by atoms with Crippen molar-refractivity contribution >= 4 is 0 Å². The topological polar surface area (TPSA) is 51.2 Å². The third-order valence-corrected chi connectivity index (χ3v) is 11.7. The number of benzene rings is 1. The Morgan fingerprint density at radius 1 is 1.17 bits per heavy atom. The van der Waals surface area contributed by atoms with Gasteiger partial charge in [0.15, 0.2) is 11.5 Å². The average molecular weight is 494 g/mol. The first-order valence-corrected chi connectivity index (χ1v) is 14.2. The third kappa shape index (κ3) is 2.45. The van der Waals surface area contributed by atoms with Gasteiger partial charge in [0.25, 0.3) is 0 Å². The molecule has 5 nitrogen and oxygen atoms in total. The second-order valence-electron chi connectivity index (χ2n) is 13.7. The third-order valence-electron chi connectivity index (χ3n) is 11.7. The largest absolute Gasteiger partial charge is 0.493 e. The molecule has 2 spiro atoms. The minimum Gasteiger partial charge on any atom is -0.493 e. The Hall–Kier alpha value is -1.56. The maximum atomic E-state index is 12.5. The van der Waals surface area contributed by atoms with Crippen molar-refractivity contribution in [2.75, 3.05) is 27.3 Å². The highest BCUT2D eigenvalue weighted by atomic mass is 16.6. The van der Waals surface area contributed by atoms with Crippen LogP contribution in [0, 0.1) is 22.7 Å². The molecule has 196 valence electrons. The standard InChI is InChI=1S/C31H43NO4/c1-7-31(33,27(2,3)4)22-17-28-12-13-30(22,35-6)26-29(28)14-15-32(18-19-8-9-19)23(28)16-20-10-11-21(34-5)25(36-26)24(20)29/h10-13,19,22-23,26,33H,7-9,14-18H2,1-6H3/t22-,23+,26+,28+,29-,30+,31-/m0/s1. The molecule has 0 unspecified atom stereocenters. The first-order valence-electron chi connectivity index (χ1n) is 14.2. The van der Waals surface area contributed by atoms with Gasteiger partial charge in [-0.05, 0) is 68.0 Å². The van der Waals surface area contributed by atoms with Gasteiger partial charge in [0.2, 0.25) is 0 Å². The summed E-state index contributed by atoms with van der Waals surface area (Å²) in [5.41, 5.74) is 0.697. The average Bonchev–Trinajstić information content (AvgIpc) is 3.61. The maximum absolute atomic E-state index is 12.5. The summed E-state index contributed by atoms with van der Waals surface area (Å²) in [5, 5.41) is 12.5. The summed E-state index contributed by atoms with van der Waals surface area (Å²) in [6, 6.07) is 4.82. The van der Waals surface area contributed by atoms with Crippen LogP contribution in [-0.2, 0) is 16.6 Å². The van der Waals surface area contributed by atoms with Gasteiger partial charge < -0.3 is 19.3 Å². The van der Waals surface area contributed by atoms with Crippen LogP contribution in [0.3, 0.4) is 0 Å². The minimum atomic E-state index is -0.888. The Kier molecular flexibility index (Phi) is 4.64. The maximum Gasteiger partial charge on any atom is 0.166 e. The number of rotatable bonds is 6. The van der Waals surface area contributed by atoms with Crippen LogP contribution in [0.25, 0.3) is 0 Å². The fourth-order valence-corrected chi connectivity index (χ4v) is 9.77. The van der Waals surface area contributed by atoms with Gasteiger partial charge in [-0.3, -0.25) is 4.90 Å². The number of hydrogen-bond donors (Lipinski definition) is 1. The van der Waals surface area contributed by atoms with Gasteiger partial charge in [0.05, 0.1) is 18.1 Å². The van der Waals surface area contributed by atoms with E-state index in [1.165, 1.54) is 30.5 Å². The molecule has 7 atom stereocenters. The Morgan fingerprint density at radius 3 is 2.58 bits per heavy atom. The van der Waals surface area contributed by atoms with Gasteiger partial charge in [-0.1, -0.05) is 45.9 Å². The van der Waals surface area contributed by atoms with E-state index >= 15 is 0 Å². The first kappa shape index (κ1) is 23.5. The van der Waals surface area contributed by atoms with Crippen LogP contribution < -0.4 is 9.47 Å². The lowest BCUT2D eigenvalue weighted by Crippen LogP contribution is -2.81. The van der Waals surface area contributed by atoms with Gasteiger partial charge >= 0.3 is 0 Å². The van der Waals surface area contributed by atoms with Crippen molar-refractivity contribution < 1.29 is 19.3 Å². The van der Waals surface area contributed by atoms with Gasteiger partial charge in [-0.25, -0.2) is 0 Å². The van der Waals surface area contributed by atoms with Gasteiger partial charge in [0, 0.05) is 36.6 Å². The van der Waals surface area contributed by atoms with Crippen LogP contribution >= 0.6 is 0 Å². The second kappa shape index (κ2) is 7.09. The van der Waals surface area contributed by atoms with Crippen molar-refractivity contribution in [2.45, 2.75) is 95.0 Å². The van der Waals surface area contributed by atoms with Crippen LogP contribution in [0.5, 0.6) is 11.5 Å². The molecule has 1 aromatic rings. The summed E-state index contributed by atoms with van der Waals surface area (Å²) >= 11 is 0. The molecule has 2 saturated carbocycles. The molecule has 2 heterocycles. The molecule has 1 N–H and O–H groups in total. The number of likely N-dealkylation sites (tertiary alicyclic amines) is 1. The van der Waals surface area contributed by atoms with Crippen LogP contribution in [0.2, 0.25) is 0 Å². The first-order chi connectivity index (χ1) is 17.1. The molecular formula is C31H43NO4. The quantitative estimate of drug-likeness (QED) is 0.573. The molecule has 5 aliphatic carbocycles. The Labute approximate surface area is 216 Å². The van der Waals surface area contributed by atoms with Crippen molar-refractivity contribution in [3.63, 3.8) is 0 Å². The van der Waals surface area contributed by atoms with Crippen molar-refractivity contribution in [2.24, 2.45) is 22.7 Å². The predicted octanol–water partition coefficient (Wildman–Crippen LogP) is 4.88. The minimum absolute atomic E-state index is 0.0617.